The third-order valence-electron chi connectivity index (χ3n) is 17.0. The molecule has 6 aliphatic carbocycles. The van der Waals surface area contributed by atoms with Gasteiger partial charge in [-0.1, -0.05) is 54.0 Å². The Morgan fingerprint density at radius 1 is 0.962 bits per heavy atom. The maximum atomic E-state index is 13.9. The molecule has 6 N–H and O–H groups in total. The van der Waals surface area contributed by atoms with E-state index < -0.39 is 17.1 Å². The topological polar surface area (TPSA) is 159 Å². The zero-order valence-corrected chi connectivity index (χ0v) is 33.4. The molecule has 5 saturated carbocycles. The van der Waals surface area contributed by atoms with E-state index in [1.165, 1.54) is 5.57 Å². The highest BCUT2D eigenvalue weighted by molar-refractivity contribution is 6.01. The molecule has 6 aliphatic rings. The van der Waals surface area contributed by atoms with Crippen molar-refractivity contribution in [3.8, 4) is 0 Å². The number of fused-ring (bicyclic) bond motifs is 7. The van der Waals surface area contributed by atoms with Crippen LogP contribution in [0.15, 0.2) is 11.1 Å². The molecule has 6 rings (SSSR count). The number of rotatable bonds is 12. The minimum absolute atomic E-state index is 0.0178. The van der Waals surface area contributed by atoms with Crippen molar-refractivity contribution >= 4 is 23.4 Å². The SMILES string of the molecule is CNC(O)(CCN)CNC(=O)CC12CCC3C(CCC4C3(C)CCC3C(C)(C)C(CC(=O)C5CC(C(=O)O)C5C)CCC34C)C1=C(C(C)C)C(=O)C2. The van der Waals surface area contributed by atoms with Crippen LogP contribution in [0.5, 0.6) is 0 Å². The minimum Gasteiger partial charge on any atom is -0.481 e. The standard InChI is InChI=1S/C43H69N3O6/c1-24(2)36-32(48)21-42(22-35(49)46-23-43(52,45-8)17-18-44)16-12-30-27(37(36)42)9-10-34-40(30,6)15-13-33-39(4,5)26(11-14-41(33,34)7)19-31(47)28-20-29(25(28)3)38(50)51/h24-30,33-34,45,52H,9-23,44H2,1-8H3,(H,46,49)(H,50,51). The highest BCUT2D eigenvalue weighted by Gasteiger charge is 2.66. The Morgan fingerprint density at radius 3 is 2.27 bits per heavy atom. The van der Waals surface area contributed by atoms with Crippen molar-refractivity contribution in [2.75, 3.05) is 20.1 Å². The predicted molar refractivity (Wildman–Crippen MR) is 202 cm³/mol. The van der Waals surface area contributed by atoms with E-state index in [1.54, 1.807) is 7.05 Å². The van der Waals surface area contributed by atoms with Crippen molar-refractivity contribution < 1.29 is 29.4 Å². The summed E-state index contributed by atoms with van der Waals surface area (Å²) in [4.78, 5) is 52.7. The number of aliphatic hydroxyl groups is 1. The second-order valence-corrected chi connectivity index (χ2v) is 20.0. The number of Topliss-reactive ketones (excluding diaryl/α,β-unsaturated/α-hetero) is 2. The molecule has 0 aliphatic heterocycles. The number of ketones is 2. The molecule has 0 saturated heterocycles. The fourth-order valence-electron chi connectivity index (χ4n) is 14.2. The van der Waals surface area contributed by atoms with Crippen LogP contribution >= 0.6 is 0 Å². The molecule has 0 aromatic carbocycles. The number of hydrogen-bond donors (Lipinski definition) is 5. The predicted octanol–water partition coefficient (Wildman–Crippen LogP) is 6.27. The lowest BCUT2D eigenvalue weighted by atomic mass is 9.35. The van der Waals surface area contributed by atoms with Crippen molar-refractivity contribution in [1.82, 2.24) is 10.6 Å². The number of allylic oxidation sites excluding steroid dienone is 2. The molecule has 52 heavy (non-hydrogen) atoms. The average molecular weight is 724 g/mol. The molecule has 0 aromatic heterocycles. The number of nitrogens with two attached hydrogens (primary N) is 1. The Labute approximate surface area is 312 Å². The van der Waals surface area contributed by atoms with E-state index in [1.807, 2.05) is 6.92 Å². The molecule has 1 amide bonds. The van der Waals surface area contributed by atoms with Crippen molar-refractivity contribution in [1.29, 1.82) is 0 Å². The number of carboxylic acid groups (broad SMARTS) is 1. The van der Waals surface area contributed by atoms with E-state index in [-0.39, 0.29) is 70.4 Å². The summed E-state index contributed by atoms with van der Waals surface area (Å²) in [6.07, 6.45) is 10.6. The summed E-state index contributed by atoms with van der Waals surface area (Å²) >= 11 is 0. The van der Waals surface area contributed by atoms with Gasteiger partial charge in [-0.05, 0) is 135 Å². The fraction of sp³-hybridized carbons (Fsp3) is 0.860. The number of carbonyl (C=O) groups excluding carboxylic acids is 3. The van der Waals surface area contributed by atoms with Gasteiger partial charge in [0.2, 0.25) is 5.91 Å². The van der Waals surface area contributed by atoms with E-state index in [9.17, 15) is 29.4 Å². The van der Waals surface area contributed by atoms with Crippen molar-refractivity contribution in [3.05, 3.63) is 11.1 Å². The Morgan fingerprint density at radius 2 is 1.65 bits per heavy atom. The van der Waals surface area contributed by atoms with E-state index in [0.717, 1.165) is 56.9 Å². The van der Waals surface area contributed by atoms with Gasteiger partial charge in [0.25, 0.3) is 0 Å². The maximum absolute atomic E-state index is 13.9. The summed E-state index contributed by atoms with van der Waals surface area (Å²) < 4.78 is 0. The van der Waals surface area contributed by atoms with Crippen LogP contribution in [0.3, 0.4) is 0 Å². The maximum Gasteiger partial charge on any atom is 0.306 e. The molecule has 9 heteroatoms. The molecule has 292 valence electrons. The molecular weight excluding hydrogens is 654 g/mol. The number of amides is 1. The molecule has 0 bridgehead atoms. The van der Waals surface area contributed by atoms with Gasteiger partial charge in [0.15, 0.2) is 5.78 Å². The molecule has 0 heterocycles. The van der Waals surface area contributed by atoms with Crippen LogP contribution in [0.1, 0.15) is 132 Å². The first-order valence-electron chi connectivity index (χ1n) is 20.7. The van der Waals surface area contributed by atoms with Crippen molar-refractivity contribution in [2.24, 2.45) is 80.7 Å². The molecule has 0 aromatic rings. The van der Waals surface area contributed by atoms with Crippen LogP contribution in [0.25, 0.3) is 0 Å². The van der Waals surface area contributed by atoms with Gasteiger partial charge in [0, 0.05) is 37.0 Å². The monoisotopic (exact) mass is 724 g/mol. The summed E-state index contributed by atoms with van der Waals surface area (Å²) in [5, 5.41) is 26.3. The fourth-order valence-corrected chi connectivity index (χ4v) is 14.2. The first-order chi connectivity index (χ1) is 24.3. The smallest absolute Gasteiger partial charge is 0.306 e. The van der Waals surface area contributed by atoms with Crippen molar-refractivity contribution in [3.63, 3.8) is 0 Å². The summed E-state index contributed by atoms with van der Waals surface area (Å²) in [6.45, 7) is 16.6. The quantitative estimate of drug-likeness (QED) is 0.147. The number of aliphatic carboxylic acids is 1. The average Bonchev–Trinajstić information content (AvgIpc) is 3.36. The lowest BCUT2D eigenvalue weighted by Gasteiger charge is -2.69. The number of hydrogen-bond acceptors (Lipinski definition) is 7. The lowest BCUT2D eigenvalue weighted by molar-refractivity contribution is -0.193. The molecule has 9 nitrogen and oxygen atoms in total. The van der Waals surface area contributed by atoms with Crippen LogP contribution in [0.2, 0.25) is 0 Å². The van der Waals surface area contributed by atoms with E-state index in [4.69, 9.17) is 5.73 Å². The molecule has 5 fully saturated rings. The van der Waals surface area contributed by atoms with Gasteiger partial charge in [0.05, 0.1) is 12.5 Å². The summed E-state index contributed by atoms with van der Waals surface area (Å²) in [6, 6.07) is 0. The van der Waals surface area contributed by atoms with Gasteiger partial charge in [-0.3, -0.25) is 24.5 Å². The Hall–Kier alpha value is -2.10. The molecule has 0 radical (unpaired) electrons. The van der Waals surface area contributed by atoms with E-state index >= 15 is 0 Å². The van der Waals surface area contributed by atoms with Gasteiger partial charge in [-0.2, -0.15) is 0 Å². The summed E-state index contributed by atoms with van der Waals surface area (Å²) in [7, 11) is 1.67. The van der Waals surface area contributed by atoms with Gasteiger partial charge < -0.3 is 21.3 Å². The number of likely N-dealkylation sites (N-methyl/N-ethyl adjacent to an activating group) is 1. The van der Waals surface area contributed by atoms with Crippen LogP contribution in [-0.2, 0) is 19.2 Å². The Kier molecular flexibility index (Phi) is 10.6. The first-order valence-corrected chi connectivity index (χ1v) is 20.7. The summed E-state index contributed by atoms with van der Waals surface area (Å²) in [5.41, 5.74) is 6.62. The van der Waals surface area contributed by atoms with Crippen LogP contribution < -0.4 is 16.4 Å². The largest absolute Gasteiger partial charge is 0.481 e. The van der Waals surface area contributed by atoms with E-state index in [0.29, 0.717) is 61.8 Å². The first kappa shape index (κ1) is 39.6. The summed E-state index contributed by atoms with van der Waals surface area (Å²) in [5.74, 6) is 1.34. The number of carboxylic acids is 1. The zero-order valence-electron chi connectivity index (χ0n) is 33.4. The van der Waals surface area contributed by atoms with Crippen LogP contribution in [0, 0.1) is 74.9 Å². The van der Waals surface area contributed by atoms with Crippen molar-refractivity contribution in [2.45, 2.75) is 138 Å². The lowest BCUT2D eigenvalue weighted by Crippen LogP contribution is -2.62. The second-order valence-electron chi connectivity index (χ2n) is 20.0. The molecule has 0 spiro atoms. The van der Waals surface area contributed by atoms with Crippen LogP contribution in [0.4, 0.5) is 0 Å². The molecule has 12 unspecified atom stereocenters. The second kappa shape index (κ2) is 13.9. The van der Waals surface area contributed by atoms with Gasteiger partial charge >= 0.3 is 5.97 Å². The molecular formula is C43H69N3O6. The highest BCUT2D eigenvalue weighted by Crippen LogP contribution is 2.74. The zero-order chi connectivity index (χ0) is 38.2. The third kappa shape index (κ3) is 6.24. The highest BCUT2D eigenvalue weighted by atomic mass is 16.4. The Bertz CT molecular complexity index is 1490. The van der Waals surface area contributed by atoms with E-state index in [2.05, 4.69) is 52.2 Å². The van der Waals surface area contributed by atoms with Gasteiger partial charge in [-0.25, -0.2) is 0 Å². The van der Waals surface area contributed by atoms with Gasteiger partial charge in [0.1, 0.15) is 11.5 Å². The normalized spacial score (nSPS) is 41.9. The van der Waals surface area contributed by atoms with Crippen LogP contribution in [-0.4, -0.2) is 59.5 Å². The van der Waals surface area contributed by atoms with Gasteiger partial charge in [-0.15, -0.1) is 0 Å². The number of carbonyl (C=O) groups is 4. The third-order valence-corrected chi connectivity index (χ3v) is 17.0. The number of nitrogens with one attached hydrogen (secondary N) is 2. The molecule has 12 atom stereocenters. The Balaban J connectivity index is 1.21. The minimum atomic E-state index is -1.26.